The van der Waals surface area contributed by atoms with E-state index >= 15 is 0 Å². The van der Waals surface area contributed by atoms with Gasteiger partial charge in [-0.1, -0.05) is 44.2 Å². The van der Waals surface area contributed by atoms with E-state index in [4.69, 9.17) is 18.9 Å². The Morgan fingerprint density at radius 1 is 1.04 bits per heavy atom. The van der Waals surface area contributed by atoms with Crippen LogP contribution in [0.25, 0.3) is 0 Å². The van der Waals surface area contributed by atoms with Crippen LogP contribution in [0, 0.1) is 0 Å². The maximum atomic E-state index is 11.6. The van der Waals surface area contributed by atoms with Crippen LogP contribution in [0.2, 0.25) is 0 Å². The first kappa shape index (κ1) is 19.4. The number of hydrogen-bond donors (Lipinski definition) is 0. The Kier molecular flexibility index (Phi) is 6.56. The first-order valence-corrected chi connectivity index (χ1v) is 8.59. The van der Waals surface area contributed by atoms with Gasteiger partial charge >= 0.3 is 11.9 Å². The average molecular weight is 350 g/mol. The lowest BCUT2D eigenvalue weighted by molar-refractivity contribution is -0.205. The molecule has 2 rings (SSSR count). The van der Waals surface area contributed by atoms with Crippen molar-refractivity contribution in [2.75, 3.05) is 0 Å². The molecule has 1 unspecified atom stereocenters. The van der Waals surface area contributed by atoms with Crippen LogP contribution in [0.15, 0.2) is 30.3 Å². The van der Waals surface area contributed by atoms with E-state index in [1.165, 1.54) is 13.8 Å². The molecule has 0 bridgehead atoms. The molecular weight excluding hydrogens is 324 g/mol. The van der Waals surface area contributed by atoms with Crippen molar-refractivity contribution < 1.29 is 28.5 Å². The molecule has 6 nitrogen and oxygen atoms in total. The second-order valence-electron chi connectivity index (χ2n) is 6.16. The van der Waals surface area contributed by atoms with E-state index in [-0.39, 0.29) is 0 Å². The third kappa shape index (κ3) is 4.58. The highest BCUT2D eigenvalue weighted by Crippen LogP contribution is 2.41. The Labute approximate surface area is 148 Å². The first-order valence-electron chi connectivity index (χ1n) is 8.59. The van der Waals surface area contributed by atoms with E-state index in [0.717, 1.165) is 5.56 Å². The Hall–Kier alpha value is -1.92. The topological polar surface area (TPSA) is 71.1 Å². The summed E-state index contributed by atoms with van der Waals surface area (Å²) in [5.41, 5.74) is 0.316. The van der Waals surface area contributed by atoms with Crippen LogP contribution in [-0.2, 0) is 35.1 Å². The number of benzene rings is 1. The fourth-order valence-electron chi connectivity index (χ4n) is 3.20. The van der Waals surface area contributed by atoms with Gasteiger partial charge in [0.05, 0.1) is 6.61 Å². The van der Waals surface area contributed by atoms with Crippen molar-refractivity contribution in [1.82, 2.24) is 0 Å². The lowest BCUT2D eigenvalue weighted by Crippen LogP contribution is -2.45. The Morgan fingerprint density at radius 3 is 2.16 bits per heavy atom. The van der Waals surface area contributed by atoms with Gasteiger partial charge in [0, 0.05) is 13.8 Å². The number of esters is 2. The molecule has 138 valence electrons. The highest BCUT2D eigenvalue weighted by Gasteiger charge is 2.57. The van der Waals surface area contributed by atoms with Crippen LogP contribution in [-0.4, -0.2) is 36.0 Å². The molecule has 3 atom stereocenters. The van der Waals surface area contributed by atoms with Gasteiger partial charge in [-0.15, -0.1) is 0 Å². The van der Waals surface area contributed by atoms with Crippen LogP contribution in [0.3, 0.4) is 0 Å². The summed E-state index contributed by atoms with van der Waals surface area (Å²) in [6.45, 7) is 6.91. The number of carbonyl (C=O) groups excluding carboxylic acids is 2. The van der Waals surface area contributed by atoms with Crippen LogP contribution in [0.5, 0.6) is 0 Å². The lowest BCUT2D eigenvalue weighted by atomic mass is 9.89. The van der Waals surface area contributed by atoms with Crippen molar-refractivity contribution in [3.63, 3.8) is 0 Å². The summed E-state index contributed by atoms with van der Waals surface area (Å²) in [7, 11) is 0. The standard InChI is InChI=1S/C19H26O6/c1-5-19(6-2)17(22-12-15-10-8-7-9-11-15)16(23-13(3)20)18(25-19)24-14(4)21/h7-11,16-18H,5-6,12H2,1-4H3/t16?,17-,18-/m1/s1. The summed E-state index contributed by atoms with van der Waals surface area (Å²) in [6.07, 6.45) is -1.03. The summed E-state index contributed by atoms with van der Waals surface area (Å²) in [4.78, 5) is 23.0. The highest BCUT2D eigenvalue weighted by molar-refractivity contribution is 5.67. The predicted molar refractivity (Wildman–Crippen MR) is 90.5 cm³/mol. The molecule has 0 aromatic heterocycles. The predicted octanol–water partition coefficient (Wildman–Crippen LogP) is 2.98. The van der Waals surface area contributed by atoms with E-state index in [1.807, 2.05) is 44.2 Å². The molecule has 0 radical (unpaired) electrons. The quantitative estimate of drug-likeness (QED) is 0.704. The minimum atomic E-state index is -0.970. The molecule has 6 heteroatoms. The fraction of sp³-hybridized carbons (Fsp3) is 0.579. The van der Waals surface area contributed by atoms with Crippen molar-refractivity contribution in [2.45, 2.75) is 71.2 Å². The van der Waals surface area contributed by atoms with Gasteiger partial charge < -0.3 is 18.9 Å². The zero-order chi connectivity index (χ0) is 18.4. The minimum Gasteiger partial charge on any atom is -0.453 e. The number of ether oxygens (including phenoxy) is 4. The molecule has 1 aliphatic rings. The van der Waals surface area contributed by atoms with E-state index in [2.05, 4.69) is 0 Å². The summed E-state index contributed by atoms with van der Waals surface area (Å²) in [5.74, 6) is -0.964. The minimum absolute atomic E-state index is 0.348. The molecular formula is C19H26O6. The Morgan fingerprint density at radius 2 is 1.64 bits per heavy atom. The maximum Gasteiger partial charge on any atom is 0.305 e. The Balaban J connectivity index is 2.26. The maximum absolute atomic E-state index is 11.6. The van der Waals surface area contributed by atoms with Gasteiger partial charge in [-0.2, -0.15) is 0 Å². The van der Waals surface area contributed by atoms with Gasteiger partial charge in [-0.3, -0.25) is 9.59 Å². The normalized spacial score (nSPS) is 24.7. The zero-order valence-corrected chi connectivity index (χ0v) is 15.2. The molecule has 1 aromatic rings. The monoisotopic (exact) mass is 350 g/mol. The number of hydrogen-bond acceptors (Lipinski definition) is 6. The van der Waals surface area contributed by atoms with Gasteiger partial charge in [0.2, 0.25) is 6.29 Å². The second-order valence-corrected chi connectivity index (χ2v) is 6.16. The van der Waals surface area contributed by atoms with Crippen molar-refractivity contribution in [3.05, 3.63) is 35.9 Å². The van der Waals surface area contributed by atoms with E-state index in [9.17, 15) is 9.59 Å². The van der Waals surface area contributed by atoms with Gasteiger partial charge in [-0.05, 0) is 18.4 Å². The molecule has 0 amide bonds. The van der Waals surface area contributed by atoms with Crippen LogP contribution in [0.1, 0.15) is 46.1 Å². The molecule has 1 fully saturated rings. The summed E-state index contributed by atoms with van der Waals surface area (Å²) in [5, 5.41) is 0. The van der Waals surface area contributed by atoms with Gasteiger partial charge in [0.15, 0.2) is 6.10 Å². The summed E-state index contributed by atoms with van der Waals surface area (Å²) >= 11 is 0. The highest BCUT2D eigenvalue weighted by atomic mass is 16.7. The van der Waals surface area contributed by atoms with E-state index in [1.54, 1.807) is 0 Å². The van der Waals surface area contributed by atoms with Gasteiger partial charge in [-0.25, -0.2) is 0 Å². The molecule has 0 saturated carbocycles. The van der Waals surface area contributed by atoms with Crippen molar-refractivity contribution in [3.8, 4) is 0 Å². The third-order valence-corrected chi connectivity index (χ3v) is 4.49. The van der Waals surface area contributed by atoms with Crippen molar-refractivity contribution in [1.29, 1.82) is 0 Å². The second kappa shape index (κ2) is 8.45. The van der Waals surface area contributed by atoms with Crippen LogP contribution in [0.4, 0.5) is 0 Å². The largest absolute Gasteiger partial charge is 0.453 e. The van der Waals surface area contributed by atoms with Crippen LogP contribution < -0.4 is 0 Å². The lowest BCUT2D eigenvalue weighted by Gasteiger charge is -2.32. The van der Waals surface area contributed by atoms with Gasteiger partial charge in [0.1, 0.15) is 11.7 Å². The van der Waals surface area contributed by atoms with E-state index < -0.39 is 36.0 Å². The van der Waals surface area contributed by atoms with Gasteiger partial charge in [0.25, 0.3) is 0 Å². The molecule has 1 aliphatic heterocycles. The third-order valence-electron chi connectivity index (χ3n) is 4.49. The summed E-state index contributed by atoms with van der Waals surface area (Å²) < 4.78 is 22.8. The molecule has 25 heavy (non-hydrogen) atoms. The van der Waals surface area contributed by atoms with Crippen molar-refractivity contribution >= 4 is 11.9 Å². The molecule has 1 heterocycles. The SMILES string of the molecule is CCC1(CC)O[C@@H](OC(C)=O)C(OC(C)=O)[C@H]1OCc1ccccc1. The first-order chi connectivity index (χ1) is 11.9. The number of carbonyl (C=O) groups is 2. The Bertz CT molecular complexity index is 581. The number of rotatable bonds is 7. The molecule has 0 N–H and O–H groups in total. The molecule has 1 aromatic carbocycles. The summed E-state index contributed by atoms with van der Waals surface area (Å²) in [6, 6.07) is 9.71. The molecule has 0 spiro atoms. The molecule has 0 aliphatic carbocycles. The smallest absolute Gasteiger partial charge is 0.305 e. The van der Waals surface area contributed by atoms with Crippen LogP contribution >= 0.6 is 0 Å². The zero-order valence-electron chi connectivity index (χ0n) is 15.2. The van der Waals surface area contributed by atoms with Crippen molar-refractivity contribution in [2.24, 2.45) is 0 Å². The average Bonchev–Trinajstić information content (AvgIpc) is 2.86. The van der Waals surface area contributed by atoms with E-state index in [0.29, 0.717) is 19.4 Å². The molecule has 1 saturated heterocycles. The fourth-order valence-corrected chi connectivity index (χ4v) is 3.20.